The maximum Gasteiger partial charge on any atom is 0.311 e. The Morgan fingerprint density at radius 3 is 2.54 bits per heavy atom. The van der Waals surface area contributed by atoms with Gasteiger partial charge in [-0.3, -0.25) is 4.79 Å². The van der Waals surface area contributed by atoms with Crippen LogP contribution in [-0.4, -0.2) is 41.2 Å². The number of aromatic nitrogens is 2. The number of phenols is 1. The van der Waals surface area contributed by atoms with E-state index in [1.807, 2.05) is 32.0 Å². The standard InChI is InChI=1S/C18H21N3O3/c1-11-8-17(20-12(2)19-11)21-9-15(16(10-21)18(23)24-3)13-4-6-14(22)7-5-13/h4-8,15-16,22H,9-10H2,1-3H3/t15-,16+/m0/s1. The molecule has 0 spiro atoms. The van der Waals surface area contributed by atoms with Crippen molar-refractivity contribution in [2.45, 2.75) is 19.8 Å². The molecule has 1 aromatic carbocycles. The van der Waals surface area contributed by atoms with E-state index >= 15 is 0 Å². The largest absolute Gasteiger partial charge is 0.508 e. The van der Waals surface area contributed by atoms with E-state index in [0.29, 0.717) is 18.9 Å². The van der Waals surface area contributed by atoms with Crippen LogP contribution in [0.3, 0.4) is 0 Å². The summed E-state index contributed by atoms with van der Waals surface area (Å²) in [6.07, 6.45) is 0. The molecule has 1 aliphatic heterocycles. The van der Waals surface area contributed by atoms with Crippen LogP contribution in [0.2, 0.25) is 0 Å². The highest BCUT2D eigenvalue weighted by molar-refractivity contribution is 5.75. The molecule has 126 valence electrons. The van der Waals surface area contributed by atoms with Gasteiger partial charge >= 0.3 is 5.97 Å². The van der Waals surface area contributed by atoms with Crippen molar-refractivity contribution >= 4 is 11.8 Å². The Hall–Kier alpha value is -2.63. The zero-order valence-electron chi connectivity index (χ0n) is 14.1. The van der Waals surface area contributed by atoms with Gasteiger partial charge in [-0.15, -0.1) is 0 Å². The van der Waals surface area contributed by atoms with Crippen LogP contribution in [0.4, 0.5) is 5.82 Å². The molecule has 3 rings (SSSR count). The molecule has 0 unspecified atom stereocenters. The van der Waals surface area contributed by atoms with E-state index in [1.165, 1.54) is 7.11 Å². The fourth-order valence-corrected chi connectivity index (χ4v) is 3.30. The minimum atomic E-state index is -0.268. The second-order valence-electron chi connectivity index (χ2n) is 6.15. The lowest BCUT2D eigenvalue weighted by atomic mass is 9.89. The molecule has 6 heteroatoms. The molecule has 1 saturated heterocycles. The van der Waals surface area contributed by atoms with Crippen molar-refractivity contribution in [3.63, 3.8) is 0 Å². The molecule has 1 aliphatic rings. The van der Waals surface area contributed by atoms with Crippen LogP contribution in [0.25, 0.3) is 0 Å². The molecule has 0 saturated carbocycles. The summed E-state index contributed by atoms with van der Waals surface area (Å²) in [6.45, 7) is 5.01. The molecule has 2 heterocycles. The number of nitrogens with zero attached hydrogens (tertiary/aromatic N) is 3. The third-order valence-corrected chi connectivity index (χ3v) is 4.42. The van der Waals surface area contributed by atoms with Crippen LogP contribution in [0, 0.1) is 19.8 Å². The number of benzene rings is 1. The van der Waals surface area contributed by atoms with E-state index in [1.54, 1.807) is 12.1 Å². The molecule has 2 atom stereocenters. The molecule has 1 N–H and O–H groups in total. The Balaban J connectivity index is 1.92. The van der Waals surface area contributed by atoms with Gasteiger partial charge in [-0.05, 0) is 31.5 Å². The summed E-state index contributed by atoms with van der Waals surface area (Å²) in [7, 11) is 1.41. The fourth-order valence-electron chi connectivity index (χ4n) is 3.30. The lowest BCUT2D eigenvalue weighted by Crippen LogP contribution is -2.25. The van der Waals surface area contributed by atoms with Crippen LogP contribution in [0.15, 0.2) is 30.3 Å². The summed E-state index contributed by atoms with van der Waals surface area (Å²) in [4.78, 5) is 23.1. The van der Waals surface area contributed by atoms with Gasteiger partial charge in [0.1, 0.15) is 17.4 Å². The first kappa shape index (κ1) is 16.2. The average Bonchev–Trinajstić information content (AvgIpc) is 2.99. The third kappa shape index (κ3) is 3.18. The Labute approximate surface area is 141 Å². The first-order chi connectivity index (χ1) is 11.5. The summed E-state index contributed by atoms with van der Waals surface area (Å²) < 4.78 is 4.99. The minimum absolute atomic E-state index is 0.00590. The smallest absolute Gasteiger partial charge is 0.311 e. The number of ether oxygens (including phenoxy) is 1. The summed E-state index contributed by atoms with van der Waals surface area (Å²) in [5.74, 6) is 1.26. The molecule has 6 nitrogen and oxygen atoms in total. The number of carbonyl (C=O) groups is 1. The van der Waals surface area contributed by atoms with Crippen molar-refractivity contribution in [1.29, 1.82) is 0 Å². The van der Waals surface area contributed by atoms with E-state index in [0.717, 1.165) is 17.1 Å². The second kappa shape index (κ2) is 6.47. The summed E-state index contributed by atoms with van der Waals surface area (Å²) in [5.41, 5.74) is 1.91. The van der Waals surface area contributed by atoms with Crippen molar-refractivity contribution in [3.05, 3.63) is 47.4 Å². The predicted octanol–water partition coefficient (Wildman–Crippen LogP) is 2.19. The maximum atomic E-state index is 12.2. The minimum Gasteiger partial charge on any atom is -0.508 e. The van der Waals surface area contributed by atoms with Crippen molar-refractivity contribution in [1.82, 2.24) is 9.97 Å². The highest BCUT2D eigenvalue weighted by atomic mass is 16.5. The molecule has 0 aliphatic carbocycles. The van der Waals surface area contributed by atoms with E-state index < -0.39 is 0 Å². The third-order valence-electron chi connectivity index (χ3n) is 4.42. The fraction of sp³-hybridized carbons (Fsp3) is 0.389. The van der Waals surface area contributed by atoms with Gasteiger partial charge in [-0.2, -0.15) is 0 Å². The van der Waals surface area contributed by atoms with Crippen LogP contribution >= 0.6 is 0 Å². The number of anilines is 1. The number of aromatic hydroxyl groups is 1. The maximum absolute atomic E-state index is 12.2. The van der Waals surface area contributed by atoms with Crippen molar-refractivity contribution in [2.24, 2.45) is 5.92 Å². The topological polar surface area (TPSA) is 75.5 Å². The van der Waals surface area contributed by atoms with Crippen LogP contribution in [-0.2, 0) is 9.53 Å². The quantitative estimate of drug-likeness (QED) is 0.871. The van der Waals surface area contributed by atoms with Crippen molar-refractivity contribution < 1.29 is 14.6 Å². The van der Waals surface area contributed by atoms with E-state index in [2.05, 4.69) is 14.9 Å². The number of methoxy groups -OCH3 is 1. The van der Waals surface area contributed by atoms with E-state index in [9.17, 15) is 9.90 Å². The van der Waals surface area contributed by atoms with Crippen LogP contribution in [0.1, 0.15) is 23.0 Å². The molecule has 0 bridgehead atoms. The molecular formula is C18H21N3O3. The van der Waals surface area contributed by atoms with E-state index in [4.69, 9.17) is 4.74 Å². The van der Waals surface area contributed by atoms with Crippen molar-refractivity contribution in [3.8, 4) is 5.75 Å². The number of hydrogen-bond donors (Lipinski definition) is 1. The first-order valence-electron chi connectivity index (χ1n) is 7.92. The zero-order valence-corrected chi connectivity index (χ0v) is 14.1. The number of carbonyl (C=O) groups excluding carboxylic acids is 1. The second-order valence-corrected chi connectivity index (χ2v) is 6.15. The highest BCUT2D eigenvalue weighted by Crippen LogP contribution is 2.36. The Bertz CT molecular complexity index is 725. The van der Waals surface area contributed by atoms with Gasteiger partial charge in [0.05, 0.1) is 13.0 Å². The van der Waals surface area contributed by atoms with Crippen molar-refractivity contribution in [2.75, 3.05) is 25.1 Å². The summed E-state index contributed by atoms with van der Waals surface area (Å²) in [5, 5.41) is 9.49. The highest BCUT2D eigenvalue weighted by Gasteiger charge is 2.39. The Morgan fingerprint density at radius 2 is 1.92 bits per heavy atom. The molecular weight excluding hydrogens is 306 g/mol. The molecule has 1 aromatic heterocycles. The SMILES string of the molecule is COC(=O)[C@@H]1CN(c2cc(C)nc(C)n2)C[C@H]1c1ccc(O)cc1. The summed E-state index contributed by atoms with van der Waals surface area (Å²) in [6, 6.07) is 8.93. The molecule has 2 aromatic rings. The van der Waals surface area contributed by atoms with Gasteiger partial charge in [-0.25, -0.2) is 9.97 Å². The van der Waals surface area contributed by atoms with Gasteiger partial charge in [0.15, 0.2) is 0 Å². The number of rotatable bonds is 3. The van der Waals surface area contributed by atoms with Gasteiger partial charge < -0.3 is 14.7 Å². The lowest BCUT2D eigenvalue weighted by molar-refractivity contribution is -0.145. The van der Waals surface area contributed by atoms with Gasteiger partial charge in [0.25, 0.3) is 0 Å². The normalized spacial score (nSPS) is 20.2. The lowest BCUT2D eigenvalue weighted by Gasteiger charge is -2.18. The monoisotopic (exact) mass is 327 g/mol. The van der Waals surface area contributed by atoms with Crippen LogP contribution in [0.5, 0.6) is 5.75 Å². The van der Waals surface area contributed by atoms with Gasteiger partial charge in [0.2, 0.25) is 0 Å². The first-order valence-corrected chi connectivity index (χ1v) is 7.92. The molecule has 24 heavy (non-hydrogen) atoms. The van der Waals surface area contributed by atoms with Gasteiger partial charge in [-0.1, -0.05) is 12.1 Å². The predicted molar refractivity (Wildman–Crippen MR) is 90.1 cm³/mol. The van der Waals surface area contributed by atoms with Gasteiger partial charge in [0, 0.05) is 30.8 Å². The number of hydrogen-bond acceptors (Lipinski definition) is 6. The number of aryl methyl sites for hydroxylation is 2. The number of phenolic OH excluding ortho intramolecular Hbond substituents is 1. The zero-order chi connectivity index (χ0) is 17.3. The van der Waals surface area contributed by atoms with Crippen LogP contribution < -0.4 is 4.90 Å². The summed E-state index contributed by atoms with van der Waals surface area (Å²) >= 11 is 0. The van der Waals surface area contributed by atoms with E-state index in [-0.39, 0.29) is 23.6 Å². The Kier molecular flexibility index (Phi) is 4.38. The molecule has 0 amide bonds. The average molecular weight is 327 g/mol. The number of esters is 1. The molecule has 0 radical (unpaired) electrons. The molecule has 1 fully saturated rings. The Morgan fingerprint density at radius 1 is 1.21 bits per heavy atom.